The Labute approximate surface area is 142 Å². The summed E-state index contributed by atoms with van der Waals surface area (Å²) >= 11 is 3.06. The Morgan fingerprint density at radius 1 is 1.13 bits per heavy atom. The minimum Gasteiger partial charge on any atom is -0.465 e. The molecule has 0 spiro atoms. The van der Waals surface area contributed by atoms with Gasteiger partial charge in [-0.05, 0) is 40.2 Å². The number of carbonyl (C=O) groups is 1. The third-order valence-corrected chi connectivity index (χ3v) is 6.58. The Bertz CT molecular complexity index is 976. The number of esters is 1. The zero-order chi connectivity index (χ0) is 17.4. The van der Waals surface area contributed by atoms with Gasteiger partial charge in [0.05, 0.1) is 22.5 Å². The standard InChI is InChI=1S/C13H12BrNO6S2/c1-21-13(16)9-6-12(14)15(8-9)23(19,20)11-5-3-4-10(7-11)22(2,17)18/h3-8H,1-2H3. The quantitative estimate of drug-likeness (QED) is 0.696. The van der Waals surface area contributed by atoms with Gasteiger partial charge in [-0.15, -0.1) is 0 Å². The molecule has 0 aliphatic rings. The fraction of sp³-hybridized carbons (Fsp3) is 0.154. The summed E-state index contributed by atoms with van der Waals surface area (Å²) in [6.45, 7) is 0. The summed E-state index contributed by atoms with van der Waals surface area (Å²) in [5.74, 6) is -0.690. The van der Waals surface area contributed by atoms with Gasteiger partial charge in [0, 0.05) is 12.5 Å². The molecular formula is C13H12BrNO6S2. The van der Waals surface area contributed by atoms with Crippen molar-refractivity contribution in [2.24, 2.45) is 0 Å². The van der Waals surface area contributed by atoms with Crippen LogP contribution in [0.3, 0.4) is 0 Å². The number of hydrogen-bond acceptors (Lipinski definition) is 6. The van der Waals surface area contributed by atoms with E-state index in [1.165, 1.54) is 31.4 Å². The topological polar surface area (TPSA) is 99.5 Å². The third kappa shape index (κ3) is 3.48. The molecule has 23 heavy (non-hydrogen) atoms. The maximum Gasteiger partial charge on any atom is 0.339 e. The number of halogens is 1. The van der Waals surface area contributed by atoms with Crippen molar-refractivity contribution in [3.8, 4) is 0 Å². The molecule has 0 saturated heterocycles. The van der Waals surface area contributed by atoms with Crippen LogP contribution in [0.1, 0.15) is 10.4 Å². The monoisotopic (exact) mass is 421 g/mol. The highest BCUT2D eigenvalue weighted by Gasteiger charge is 2.23. The van der Waals surface area contributed by atoms with Crippen molar-refractivity contribution >= 4 is 41.8 Å². The van der Waals surface area contributed by atoms with E-state index in [4.69, 9.17) is 0 Å². The van der Waals surface area contributed by atoms with Gasteiger partial charge in [0.15, 0.2) is 9.84 Å². The Morgan fingerprint density at radius 2 is 1.74 bits per heavy atom. The lowest BCUT2D eigenvalue weighted by Gasteiger charge is -2.08. The lowest BCUT2D eigenvalue weighted by Crippen LogP contribution is -2.13. The lowest BCUT2D eigenvalue weighted by atomic mass is 10.3. The maximum atomic E-state index is 12.6. The fourth-order valence-electron chi connectivity index (χ4n) is 1.81. The molecule has 10 heteroatoms. The first-order valence-electron chi connectivity index (χ1n) is 6.09. The summed E-state index contributed by atoms with van der Waals surface area (Å²) in [7, 11) is -6.45. The number of nitrogens with zero attached hydrogens (tertiary/aromatic N) is 1. The first kappa shape index (κ1) is 17.7. The predicted octanol–water partition coefficient (Wildman–Crippen LogP) is 1.68. The molecule has 0 aliphatic carbocycles. The number of aromatic nitrogens is 1. The molecule has 0 amide bonds. The van der Waals surface area contributed by atoms with Gasteiger partial charge in [0.1, 0.15) is 4.60 Å². The number of ether oxygens (including phenoxy) is 1. The Kier molecular flexibility index (Phi) is 4.69. The summed E-state index contributed by atoms with van der Waals surface area (Å²) in [5, 5.41) is 0. The normalized spacial score (nSPS) is 12.1. The van der Waals surface area contributed by atoms with Gasteiger partial charge in [-0.2, -0.15) is 0 Å². The van der Waals surface area contributed by atoms with Crippen LogP contribution in [0, 0.1) is 0 Å². The molecule has 0 atom stereocenters. The highest BCUT2D eigenvalue weighted by molar-refractivity contribution is 9.10. The van der Waals surface area contributed by atoms with E-state index in [1.54, 1.807) is 0 Å². The summed E-state index contributed by atoms with van der Waals surface area (Å²) < 4.78 is 53.9. The number of carbonyl (C=O) groups excluding carboxylic acids is 1. The molecule has 2 rings (SSSR count). The summed E-state index contributed by atoms with van der Waals surface area (Å²) in [5.41, 5.74) is 0.0437. The van der Waals surface area contributed by atoms with E-state index in [0.29, 0.717) is 0 Å². The molecule has 0 radical (unpaired) electrons. The zero-order valence-electron chi connectivity index (χ0n) is 12.1. The van der Waals surface area contributed by atoms with Crippen molar-refractivity contribution in [3.63, 3.8) is 0 Å². The van der Waals surface area contributed by atoms with Crippen molar-refractivity contribution in [3.05, 3.63) is 46.7 Å². The number of rotatable bonds is 4. The van der Waals surface area contributed by atoms with Crippen molar-refractivity contribution in [1.29, 1.82) is 0 Å². The second-order valence-electron chi connectivity index (χ2n) is 4.59. The van der Waals surface area contributed by atoms with Gasteiger partial charge in [0.2, 0.25) is 0 Å². The highest BCUT2D eigenvalue weighted by Crippen LogP contribution is 2.24. The van der Waals surface area contributed by atoms with E-state index in [0.717, 1.165) is 22.5 Å². The molecule has 0 unspecified atom stereocenters. The van der Waals surface area contributed by atoms with E-state index >= 15 is 0 Å². The van der Waals surface area contributed by atoms with Crippen LogP contribution < -0.4 is 0 Å². The van der Waals surface area contributed by atoms with E-state index in [-0.39, 0.29) is 20.0 Å². The van der Waals surface area contributed by atoms with Crippen LogP contribution in [0.4, 0.5) is 0 Å². The van der Waals surface area contributed by atoms with Crippen molar-refractivity contribution in [2.45, 2.75) is 9.79 Å². The van der Waals surface area contributed by atoms with E-state index in [9.17, 15) is 21.6 Å². The number of methoxy groups -OCH3 is 1. The summed E-state index contributed by atoms with van der Waals surface area (Å²) in [6.07, 6.45) is 2.08. The van der Waals surface area contributed by atoms with E-state index in [1.807, 2.05) is 0 Å². The van der Waals surface area contributed by atoms with Gasteiger partial charge in [-0.25, -0.2) is 25.6 Å². The largest absolute Gasteiger partial charge is 0.465 e. The van der Waals surface area contributed by atoms with Gasteiger partial charge < -0.3 is 4.74 Å². The van der Waals surface area contributed by atoms with Crippen LogP contribution in [0.25, 0.3) is 0 Å². The molecule has 0 saturated carbocycles. The molecular weight excluding hydrogens is 410 g/mol. The number of hydrogen-bond donors (Lipinski definition) is 0. The van der Waals surface area contributed by atoms with Crippen LogP contribution in [-0.4, -0.2) is 40.1 Å². The van der Waals surface area contributed by atoms with Crippen LogP contribution >= 0.6 is 15.9 Å². The Hall–Kier alpha value is -1.65. The lowest BCUT2D eigenvalue weighted by molar-refractivity contribution is 0.0601. The minimum atomic E-state index is -4.08. The van der Waals surface area contributed by atoms with Crippen molar-refractivity contribution in [1.82, 2.24) is 3.97 Å². The minimum absolute atomic E-state index is 0.0437. The molecule has 1 heterocycles. The van der Waals surface area contributed by atoms with Gasteiger partial charge in [-0.1, -0.05) is 6.07 Å². The van der Waals surface area contributed by atoms with Crippen LogP contribution in [0.15, 0.2) is 50.9 Å². The predicted molar refractivity (Wildman–Crippen MR) is 85.6 cm³/mol. The first-order valence-corrected chi connectivity index (χ1v) is 10.2. The number of benzene rings is 1. The molecule has 0 fully saturated rings. The molecule has 0 N–H and O–H groups in total. The van der Waals surface area contributed by atoms with Crippen LogP contribution in [0.2, 0.25) is 0 Å². The first-order chi connectivity index (χ1) is 10.6. The summed E-state index contributed by atoms with van der Waals surface area (Å²) in [4.78, 5) is 11.2. The second kappa shape index (κ2) is 6.10. The summed E-state index contributed by atoms with van der Waals surface area (Å²) in [6, 6.07) is 6.27. The highest BCUT2D eigenvalue weighted by atomic mass is 79.9. The average Bonchev–Trinajstić information content (AvgIpc) is 2.88. The van der Waals surface area contributed by atoms with Crippen molar-refractivity contribution < 1.29 is 26.4 Å². The molecule has 1 aromatic carbocycles. The smallest absolute Gasteiger partial charge is 0.339 e. The second-order valence-corrected chi connectivity index (χ2v) is 9.23. The molecule has 1 aromatic heterocycles. The molecule has 0 bridgehead atoms. The third-order valence-electron chi connectivity index (χ3n) is 2.95. The Morgan fingerprint density at radius 3 is 2.30 bits per heavy atom. The molecule has 2 aromatic rings. The average molecular weight is 422 g/mol. The zero-order valence-corrected chi connectivity index (χ0v) is 15.3. The molecule has 124 valence electrons. The van der Waals surface area contributed by atoms with Gasteiger partial charge in [0.25, 0.3) is 10.0 Å². The molecule has 7 nitrogen and oxygen atoms in total. The molecule has 0 aliphatic heterocycles. The Balaban J connectivity index is 2.60. The SMILES string of the molecule is COC(=O)c1cc(Br)n(S(=O)(=O)c2cccc(S(C)(=O)=O)c2)c1. The van der Waals surface area contributed by atoms with Gasteiger partial charge in [-0.3, -0.25) is 0 Å². The van der Waals surface area contributed by atoms with Crippen LogP contribution in [0.5, 0.6) is 0 Å². The van der Waals surface area contributed by atoms with Crippen molar-refractivity contribution in [2.75, 3.05) is 13.4 Å². The fourth-order valence-corrected chi connectivity index (χ4v) is 4.76. The maximum absolute atomic E-state index is 12.6. The van der Waals surface area contributed by atoms with E-state index < -0.39 is 25.8 Å². The van der Waals surface area contributed by atoms with Crippen LogP contribution in [-0.2, 0) is 24.6 Å². The number of sulfone groups is 1. The van der Waals surface area contributed by atoms with E-state index in [2.05, 4.69) is 20.7 Å². The van der Waals surface area contributed by atoms with Gasteiger partial charge >= 0.3 is 5.97 Å².